The highest BCUT2D eigenvalue weighted by Crippen LogP contribution is 2.12. The van der Waals surface area contributed by atoms with Gasteiger partial charge in [0.2, 0.25) is 0 Å². The molecule has 2 N–H and O–H groups in total. The molecule has 0 heterocycles. The van der Waals surface area contributed by atoms with Crippen LogP contribution in [0.25, 0.3) is 0 Å². The molecule has 0 unspecified atom stereocenters. The molecule has 0 bridgehead atoms. The van der Waals surface area contributed by atoms with Gasteiger partial charge in [-0.15, -0.1) is 0 Å². The molecule has 0 aliphatic heterocycles. The number of carbonyl (C=O) groups excluding carboxylic acids is 2. The first-order chi connectivity index (χ1) is 13.7. The minimum atomic E-state index is -0.588. The molecule has 8 nitrogen and oxygen atoms in total. The van der Waals surface area contributed by atoms with Crippen molar-refractivity contribution >= 4 is 11.9 Å². The van der Waals surface area contributed by atoms with Gasteiger partial charge in [-0.1, -0.05) is 12.1 Å². The highest BCUT2D eigenvalue weighted by atomic mass is 16.5. The minimum absolute atomic E-state index is 0.0820. The third-order valence-electron chi connectivity index (χ3n) is 3.59. The Balaban J connectivity index is 2.35. The van der Waals surface area contributed by atoms with E-state index in [1.54, 1.807) is 12.1 Å². The number of ether oxygens (including phenoxy) is 4. The summed E-state index contributed by atoms with van der Waals surface area (Å²) in [6.07, 6.45) is 2.20. The van der Waals surface area contributed by atoms with Gasteiger partial charge in [0.05, 0.1) is 24.3 Å². The van der Waals surface area contributed by atoms with Crippen molar-refractivity contribution < 1.29 is 38.7 Å². The summed E-state index contributed by atoms with van der Waals surface area (Å²) in [6, 6.07) is 6.35. The van der Waals surface area contributed by atoms with E-state index >= 15 is 0 Å². The van der Waals surface area contributed by atoms with Crippen molar-refractivity contribution in [3.05, 3.63) is 35.4 Å². The smallest absolute Gasteiger partial charge is 0.339 e. The summed E-state index contributed by atoms with van der Waals surface area (Å²) in [5, 5.41) is 17.3. The molecule has 0 aliphatic carbocycles. The Hall–Kier alpha value is -2.00. The number of aliphatic hydroxyl groups is 2. The summed E-state index contributed by atoms with van der Waals surface area (Å²) in [5.74, 6) is -1.18. The Morgan fingerprint density at radius 1 is 0.643 bits per heavy atom. The molecule has 0 amide bonds. The Morgan fingerprint density at radius 3 is 1.43 bits per heavy atom. The van der Waals surface area contributed by atoms with Gasteiger partial charge in [0, 0.05) is 52.5 Å². The van der Waals surface area contributed by atoms with E-state index in [4.69, 9.17) is 29.2 Å². The normalized spacial score (nSPS) is 10.6. The lowest BCUT2D eigenvalue weighted by atomic mass is 10.1. The lowest BCUT2D eigenvalue weighted by Gasteiger charge is -2.10. The monoisotopic (exact) mass is 398 g/mol. The van der Waals surface area contributed by atoms with Gasteiger partial charge in [0.15, 0.2) is 0 Å². The second kappa shape index (κ2) is 16.0. The van der Waals surface area contributed by atoms with Gasteiger partial charge in [-0.05, 0) is 25.0 Å². The van der Waals surface area contributed by atoms with Crippen molar-refractivity contribution in [1.29, 1.82) is 0 Å². The third-order valence-corrected chi connectivity index (χ3v) is 3.59. The van der Waals surface area contributed by atoms with E-state index in [-0.39, 0.29) is 37.6 Å². The predicted molar refractivity (Wildman–Crippen MR) is 101 cm³/mol. The summed E-state index contributed by atoms with van der Waals surface area (Å²) < 4.78 is 20.9. The van der Waals surface area contributed by atoms with Gasteiger partial charge in [-0.25, -0.2) is 9.59 Å². The highest BCUT2D eigenvalue weighted by molar-refractivity contribution is 6.03. The number of aliphatic hydroxyl groups excluding tert-OH is 2. The van der Waals surface area contributed by atoms with Gasteiger partial charge in [0.25, 0.3) is 0 Å². The zero-order chi connectivity index (χ0) is 20.5. The van der Waals surface area contributed by atoms with Gasteiger partial charge >= 0.3 is 11.9 Å². The van der Waals surface area contributed by atoms with Crippen LogP contribution in [0, 0.1) is 0 Å². The quantitative estimate of drug-likeness (QED) is 0.319. The van der Waals surface area contributed by atoms with Crippen molar-refractivity contribution in [2.45, 2.75) is 25.7 Å². The fourth-order valence-electron chi connectivity index (χ4n) is 2.18. The molecule has 1 aromatic carbocycles. The maximum atomic E-state index is 12.2. The second-order valence-electron chi connectivity index (χ2n) is 5.90. The molecule has 0 atom stereocenters. The number of hydrogen-bond donors (Lipinski definition) is 2. The zero-order valence-corrected chi connectivity index (χ0v) is 16.1. The number of esters is 2. The SMILES string of the molecule is O=C(OCCCOCCCO)c1ccccc1C(=O)OCCCOCCCO. The average Bonchev–Trinajstić information content (AvgIpc) is 2.72. The zero-order valence-electron chi connectivity index (χ0n) is 16.1. The van der Waals surface area contributed by atoms with Crippen LogP contribution in [0.4, 0.5) is 0 Å². The molecule has 0 fully saturated rings. The van der Waals surface area contributed by atoms with Crippen LogP contribution in [0.1, 0.15) is 46.4 Å². The molecule has 0 saturated heterocycles. The first-order valence-electron chi connectivity index (χ1n) is 9.51. The first-order valence-corrected chi connectivity index (χ1v) is 9.51. The largest absolute Gasteiger partial charge is 0.462 e. The topological polar surface area (TPSA) is 112 Å². The molecule has 0 aromatic heterocycles. The van der Waals surface area contributed by atoms with Crippen LogP contribution >= 0.6 is 0 Å². The number of rotatable bonds is 16. The predicted octanol–water partition coefficient (Wildman–Crippen LogP) is 1.58. The number of hydrogen-bond acceptors (Lipinski definition) is 8. The Labute approximate surface area is 165 Å². The highest BCUT2D eigenvalue weighted by Gasteiger charge is 2.18. The Kier molecular flexibility index (Phi) is 13.7. The lowest BCUT2D eigenvalue weighted by molar-refractivity contribution is 0.0393. The van der Waals surface area contributed by atoms with Crippen LogP contribution in [0.15, 0.2) is 24.3 Å². The van der Waals surface area contributed by atoms with Crippen molar-refractivity contribution in [1.82, 2.24) is 0 Å². The fraction of sp³-hybridized carbons (Fsp3) is 0.600. The molecule has 0 radical (unpaired) electrons. The maximum Gasteiger partial charge on any atom is 0.339 e. The summed E-state index contributed by atoms with van der Waals surface area (Å²) in [4.78, 5) is 24.5. The number of carbonyl (C=O) groups is 2. The standard InChI is InChI=1S/C20H30O8/c21-9-3-11-25-13-5-15-27-19(23)17-7-1-2-8-18(17)20(24)28-16-6-14-26-12-4-10-22/h1-2,7-8,21-22H,3-6,9-16H2. The molecule has 8 heteroatoms. The van der Waals surface area contributed by atoms with Gasteiger partial charge < -0.3 is 29.2 Å². The minimum Gasteiger partial charge on any atom is -0.462 e. The maximum absolute atomic E-state index is 12.2. The molecule has 1 rings (SSSR count). The molecular formula is C20H30O8. The Bertz CT molecular complexity index is 512. The van der Waals surface area contributed by atoms with E-state index < -0.39 is 11.9 Å². The van der Waals surface area contributed by atoms with Crippen molar-refractivity contribution in [2.24, 2.45) is 0 Å². The fourth-order valence-corrected chi connectivity index (χ4v) is 2.18. The molecule has 0 saturated carbocycles. The van der Waals surface area contributed by atoms with E-state index in [0.29, 0.717) is 52.1 Å². The van der Waals surface area contributed by atoms with Crippen LogP contribution in [0.5, 0.6) is 0 Å². The van der Waals surface area contributed by atoms with Crippen LogP contribution in [0.2, 0.25) is 0 Å². The average molecular weight is 398 g/mol. The molecule has 1 aromatic rings. The van der Waals surface area contributed by atoms with Crippen LogP contribution < -0.4 is 0 Å². The summed E-state index contributed by atoms with van der Waals surface area (Å²) in [7, 11) is 0. The van der Waals surface area contributed by atoms with Crippen LogP contribution in [-0.4, -0.2) is 75.0 Å². The molecule has 158 valence electrons. The second-order valence-corrected chi connectivity index (χ2v) is 5.90. The van der Waals surface area contributed by atoms with Gasteiger partial charge in [-0.2, -0.15) is 0 Å². The Morgan fingerprint density at radius 2 is 1.04 bits per heavy atom. The van der Waals surface area contributed by atoms with Crippen molar-refractivity contribution in [2.75, 3.05) is 52.9 Å². The first kappa shape index (κ1) is 24.0. The van der Waals surface area contributed by atoms with Crippen molar-refractivity contribution in [3.8, 4) is 0 Å². The van der Waals surface area contributed by atoms with Gasteiger partial charge in [-0.3, -0.25) is 0 Å². The summed E-state index contributed by atoms with van der Waals surface area (Å²) >= 11 is 0. The van der Waals surface area contributed by atoms with Gasteiger partial charge in [0.1, 0.15) is 0 Å². The van der Waals surface area contributed by atoms with Crippen LogP contribution in [0.3, 0.4) is 0 Å². The third kappa shape index (κ3) is 10.4. The molecule has 0 aliphatic rings. The van der Waals surface area contributed by atoms with E-state index in [0.717, 1.165) is 0 Å². The summed E-state index contributed by atoms with van der Waals surface area (Å²) in [5.41, 5.74) is 0.320. The van der Waals surface area contributed by atoms with E-state index in [2.05, 4.69) is 0 Å². The molecule has 0 spiro atoms. The molecular weight excluding hydrogens is 368 g/mol. The van der Waals surface area contributed by atoms with E-state index in [1.165, 1.54) is 12.1 Å². The van der Waals surface area contributed by atoms with Crippen LogP contribution in [-0.2, 0) is 18.9 Å². The summed E-state index contributed by atoms with van der Waals surface area (Å²) in [6.45, 7) is 2.29. The number of benzene rings is 1. The van der Waals surface area contributed by atoms with E-state index in [9.17, 15) is 9.59 Å². The van der Waals surface area contributed by atoms with Crippen molar-refractivity contribution in [3.63, 3.8) is 0 Å². The van der Waals surface area contributed by atoms with E-state index in [1.807, 2.05) is 0 Å². The lowest BCUT2D eigenvalue weighted by Crippen LogP contribution is -2.16. The molecule has 28 heavy (non-hydrogen) atoms.